The first-order valence-electron chi connectivity index (χ1n) is 26.8. The molecule has 0 aromatic heterocycles. The molecule has 0 aliphatic heterocycles. The summed E-state index contributed by atoms with van der Waals surface area (Å²) in [7, 11) is 0. The Balaban J connectivity index is 0.745. The van der Waals surface area contributed by atoms with Gasteiger partial charge in [0, 0.05) is 12.2 Å². The van der Waals surface area contributed by atoms with E-state index >= 15 is 0 Å². The van der Waals surface area contributed by atoms with Crippen LogP contribution in [0.3, 0.4) is 0 Å². The van der Waals surface area contributed by atoms with Crippen molar-refractivity contribution in [2.24, 2.45) is 0 Å². The van der Waals surface area contributed by atoms with Gasteiger partial charge in [-0.05, 0) is 171 Å². The summed E-state index contributed by atoms with van der Waals surface area (Å²) in [5.41, 5.74) is 1.44. The first kappa shape index (κ1) is 64.2. The lowest BCUT2D eigenvalue weighted by molar-refractivity contribution is -0.138. The molecule has 0 heterocycles. The molecule has 0 aliphatic rings. The van der Waals surface area contributed by atoms with Gasteiger partial charge < -0.3 is 61.6 Å². The third kappa shape index (κ3) is 23.4. The number of unbranched alkanes of at least 4 members (excludes halogenated alkanes) is 2. The number of carbonyl (C=O) groups excluding carboxylic acids is 8. The van der Waals surface area contributed by atoms with Crippen molar-refractivity contribution in [3.05, 3.63) is 204 Å². The van der Waals surface area contributed by atoms with E-state index in [1.54, 1.807) is 48.5 Å². The largest absolute Gasteiger partial charge is 0.494 e. The average molecular weight is 1170 g/mol. The maximum Gasteiger partial charge on any atom is 0.343 e. The molecule has 0 atom stereocenters. The first-order valence-corrected chi connectivity index (χ1v) is 26.8. The minimum absolute atomic E-state index is 0.0137. The van der Waals surface area contributed by atoms with E-state index in [2.05, 4.69) is 13.2 Å². The number of ether oxygens (including phenoxy) is 13. The summed E-state index contributed by atoms with van der Waals surface area (Å²) in [5.74, 6) is -2.76. The molecule has 0 unspecified atom stereocenters. The van der Waals surface area contributed by atoms with E-state index in [-0.39, 0.29) is 111 Å². The summed E-state index contributed by atoms with van der Waals surface area (Å²) in [6.45, 7) is 9.24. The molecule has 444 valence electrons. The molecule has 0 N–H and O–H groups in total. The molecule has 0 saturated carbocycles. The van der Waals surface area contributed by atoms with E-state index in [0.717, 1.165) is 12.2 Å². The Morgan fingerprint density at radius 2 is 0.482 bits per heavy atom. The highest BCUT2D eigenvalue weighted by Crippen LogP contribution is 2.22. The first-order chi connectivity index (χ1) is 41.4. The summed E-state index contributed by atoms with van der Waals surface area (Å²) < 4.78 is 69.8. The number of rotatable bonds is 36. The van der Waals surface area contributed by atoms with E-state index in [1.807, 2.05) is 0 Å². The van der Waals surface area contributed by atoms with Crippen LogP contribution in [0, 0.1) is 0 Å². The van der Waals surface area contributed by atoms with Gasteiger partial charge >= 0.3 is 47.8 Å². The highest BCUT2D eigenvalue weighted by atomic mass is 16.6. The lowest BCUT2D eigenvalue weighted by atomic mass is 10.2. The molecule has 0 amide bonds. The van der Waals surface area contributed by atoms with E-state index in [9.17, 15) is 38.4 Å². The summed E-state index contributed by atoms with van der Waals surface area (Å²) in [6, 6.07) is 36.1. The third-order valence-corrected chi connectivity index (χ3v) is 11.5. The monoisotopic (exact) mass is 1170 g/mol. The number of hydrogen-bond acceptors (Lipinski definition) is 21. The average Bonchev–Trinajstić information content (AvgIpc) is 3.73. The number of hydrogen-bond donors (Lipinski definition) is 0. The van der Waals surface area contributed by atoms with Gasteiger partial charge in [-0.1, -0.05) is 13.2 Å². The lowest BCUT2D eigenvalue weighted by Gasteiger charge is -2.09. The number of carbonyl (C=O) groups is 8. The molecule has 6 aromatic rings. The summed E-state index contributed by atoms with van der Waals surface area (Å²) in [6.07, 6.45) is 4.80. The molecule has 0 spiro atoms. The van der Waals surface area contributed by atoms with Gasteiger partial charge in [0.1, 0.15) is 47.7 Å². The Bertz CT molecular complexity index is 2920. The minimum Gasteiger partial charge on any atom is -0.494 e. The standard InChI is InChI=1S/C64H62O21/c1-3-57(65)78-35-7-5-33-76-51-21-9-47(10-22-51)61(69)84-55-29-17-49(18-30-55)63(71)82-53-25-13-45(14-26-53)59(67)80-43-41-74-39-37-73-38-40-75-42-44-81-60(68)46-15-27-54(28-16-46)83-64(72)50-19-31-56(32-20-50)85-62(70)48-11-23-52(24-12-48)77-34-6-8-36-79-58(66)4-2/h3-4,9-32H,1-2,5-8,33-44H2. The summed E-state index contributed by atoms with van der Waals surface area (Å²) in [4.78, 5) is 98.2. The molecular formula is C64H62O21. The highest BCUT2D eigenvalue weighted by Gasteiger charge is 2.16. The van der Waals surface area contributed by atoms with Crippen LogP contribution < -0.4 is 28.4 Å². The summed E-state index contributed by atoms with van der Waals surface area (Å²) >= 11 is 0. The van der Waals surface area contributed by atoms with Crippen LogP contribution in [0.1, 0.15) is 87.8 Å². The Hall–Kier alpha value is -9.96. The van der Waals surface area contributed by atoms with Crippen LogP contribution >= 0.6 is 0 Å². The molecule has 6 aromatic carbocycles. The zero-order chi connectivity index (χ0) is 60.4. The highest BCUT2D eigenvalue weighted by molar-refractivity contribution is 5.95. The normalized spacial score (nSPS) is 10.5. The van der Waals surface area contributed by atoms with Crippen LogP contribution in [0.4, 0.5) is 0 Å². The zero-order valence-corrected chi connectivity index (χ0v) is 46.3. The van der Waals surface area contributed by atoms with Crippen molar-refractivity contribution in [1.82, 2.24) is 0 Å². The Morgan fingerprint density at radius 1 is 0.259 bits per heavy atom. The van der Waals surface area contributed by atoms with Crippen LogP contribution in [0.5, 0.6) is 34.5 Å². The predicted molar refractivity (Wildman–Crippen MR) is 303 cm³/mol. The van der Waals surface area contributed by atoms with Crippen LogP contribution in [-0.4, -0.2) is 127 Å². The molecule has 0 bridgehead atoms. The quantitative estimate of drug-likeness (QED) is 0.0117. The van der Waals surface area contributed by atoms with Crippen molar-refractivity contribution in [3.8, 4) is 34.5 Å². The second-order valence-electron chi connectivity index (χ2n) is 17.7. The van der Waals surface area contributed by atoms with Crippen molar-refractivity contribution in [2.75, 3.05) is 79.3 Å². The van der Waals surface area contributed by atoms with Crippen molar-refractivity contribution in [1.29, 1.82) is 0 Å². The molecule has 0 aliphatic carbocycles. The van der Waals surface area contributed by atoms with E-state index in [4.69, 9.17) is 61.6 Å². The predicted octanol–water partition coefficient (Wildman–Crippen LogP) is 9.40. The third-order valence-electron chi connectivity index (χ3n) is 11.5. The van der Waals surface area contributed by atoms with Crippen LogP contribution in [0.2, 0.25) is 0 Å². The van der Waals surface area contributed by atoms with Gasteiger partial charge in [-0.2, -0.15) is 0 Å². The van der Waals surface area contributed by atoms with E-state index < -0.39 is 47.8 Å². The maximum atomic E-state index is 12.8. The Morgan fingerprint density at radius 3 is 0.741 bits per heavy atom. The summed E-state index contributed by atoms with van der Waals surface area (Å²) in [5, 5.41) is 0. The fraction of sp³-hybridized carbons (Fsp3) is 0.250. The molecule has 85 heavy (non-hydrogen) atoms. The number of esters is 8. The Kier molecular flexibility index (Phi) is 27.0. The van der Waals surface area contributed by atoms with Gasteiger partial charge in [0.25, 0.3) is 0 Å². The molecule has 0 fully saturated rings. The maximum absolute atomic E-state index is 12.8. The minimum atomic E-state index is -0.670. The van der Waals surface area contributed by atoms with Gasteiger partial charge in [0.05, 0.1) is 99.4 Å². The smallest absolute Gasteiger partial charge is 0.343 e. The number of benzene rings is 6. The van der Waals surface area contributed by atoms with Crippen molar-refractivity contribution >= 4 is 47.8 Å². The topological polar surface area (TPSA) is 257 Å². The van der Waals surface area contributed by atoms with Crippen molar-refractivity contribution < 1.29 is 99.9 Å². The van der Waals surface area contributed by atoms with Crippen molar-refractivity contribution in [2.45, 2.75) is 25.7 Å². The van der Waals surface area contributed by atoms with Crippen molar-refractivity contribution in [3.63, 3.8) is 0 Å². The van der Waals surface area contributed by atoms with Gasteiger partial charge in [-0.25, -0.2) is 38.4 Å². The van der Waals surface area contributed by atoms with Gasteiger partial charge in [-0.3, -0.25) is 0 Å². The molecule has 0 saturated heterocycles. The lowest BCUT2D eigenvalue weighted by Crippen LogP contribution is -2.15. The van der Waals surface area contributed by atoms with Gasteiger partial charge in [-0.15, -0.1) is 0 Å². The second kappa shape index (κ2) is 35.8. The zero-order valence-electron chi connectivity index (χ0n) is 46.3. The molecular weight excluding hydrogens is 1100 g/mol. The van der Waals surface area contributed by atoms with Crippen LogP contribution in [0.15, 0.2) is 171 Å². The van der Waals surface area contributed by atoms with Gasteiger partial charge in [0.15, 0.2) is 0 Å². The Labute approximate surface area is 489 Å². The van der Waals surface area contributed by atoms with Gasteiger partial charge in [0.2, 0.25) is 0 Å². The molecule has 21 heteroatoms. The molecule has 0 radical (unpaired) electrons. The van der Waals surface area contributed by atoms with Crippen LogP contribution in [0.25, 0.3) is 0 Å². The van der Waals surface area contributed by atoms with E-state index in [1.165, 1.54) is 97.1 Å². The van der Waals surface area contributed by atoms with Crippen LogP contribution in [-0.2, 0) is 42.7 Å². The molecule has 6 rings (SSSR count). The molecule has 21 nitrogen and oxygen atoms in total. The van der Waals surface area contributed by atoms with E-state index in [0.29, 0.717) is 61.5 Å². The fourth-order valence-electron chi connectivity index (χ4n) is 7.02. The SMILES string of the molecule is C=CC(=O)OCCCCOc1ccc(C(=O)Oc2ccc(C(=O)Oc3ccc(C(=O)OCCOCCOCCOCCOC(=O)c4ccc(OC(=O)c5ccc(OC(=O)c6ccc(OCCCCOC(=O)C=C)cc6)cc5)cc4)cc3)cc2)cc1. The fourth-order valence-corrected chi connectivity index (χ4v) is 7.02. The second-order valence-corrected chi connectivity index (χ2v) is 17.7.